The Bertz CT molecular complexity index is 674. The number of anilines is 1. The minimum absolute atomic E-state index is 0.689. The largest absolute Gasteiger partial charge is 0.463 e. The van der Waals surface area contributed by atoms with Gasteiger partial charge < -0.3 is 9.73 Å². The van der Waals surface area contributed by atoms with Crippen LogP contribution >= 0.6 is 11.8 Å². The second kappa shape index (κ2) is 5.40. The molecule has 0 unspecified atom stereocenters. The molecule has 3 rings (SSSR count). The number of aromatic nitrogens is 2. The number of aromatic amines is 1. The Morgan fingerprint density at radius 1 is 1.26 bits per heavy atom. The standard InChI is InChI=1S/C14H15N3OS/c1-19-9-13-5-4-12(18-13)8-15-11-3-2-10-7-16-17-14(10)6-11/h2-7,15H,8-9H2,1H3,(H,16,17). The van der Waals surface area contributed by atoms with Crippen molar-refractivity contribution in [1.82, 2.24) is 10.2 Å². The molecule has 0 aliphatic carbocycles. The van der Waals surface area contributed by atoms with Crippen LogP contribution in [0, 0.1) is 0 Å². The van der Waals surface area contributed by atoms with E-state index in [0.29, 0.717) is 6.54 Å². The summed E-state index contributed by atoms with van der Waals surface area (Å²) in [5, 5.41) is 11.4. The summed E-state index contributed by atoms with van der Waals surface area (Å²) < 4.78 is 5.71. The summed E-state index contributed by atoms with van der Waals surface area (Å²) in [4.78, 5) is 0. The predicted molar refractivity (Wildman–Crippen MR) is 79.3 cm³/mol. The number of nitrogens with one attached hydrogen (secondary N) is 2. The van der Waals surface area contributed by atoms with Crippen LogP contribution in [-0.4, -0.2) is 16.5 Å². The first kappa shape index (κ1) is 12.2. The first-order valence-electron chi connectivity index (χ1n) is 6.09. The molecule has 3 aromatic rings. The minimum atomic E-state index is 0.689. The van der Waals surface area contributed by atoms with Crippen LogP contribution in [0.1, 0.15) is 11.5 Å². The van der Waals surface area contributed by atoms with Crippen LogP contribution in [0.3, 0.4) is 0 Å². The van der Waals surface area contributed by atoms with E-state index in [-0.39, 0.29) is 0 Å². The molecule has 2 aromatic heterocycles. The molecule has 5 heteroatoms. The van der Waals surface area contributed by atoms with Crippen LogP contribution in [0.15, 0.2) is 40.9 Å². The quantitative estimate of drug-likeness (QED) is 0.745. The van der Waals surface area contributed by atoms with E-state index in [2.05, 4.69) is 21.8 Å². The fourth-order valence-electron chi connectivity index (χ4n) is 1.97. The van der Waals surface area contributed by atoms with E-state index in [4.69, 9.17) is 4.42 Å². The van der Waals surface area contributed by atoms with Crippen molar-refractivity contribution in [1.29, 1.82) is 0 Å². The number of H-pyrrole nitrogens is 1. The molecule has 0 saturated carbocycles. The number of fused-ring (bicyclic) bond motifs is 1. The van der Waals surface area contributed by atoms with E-state index in [9.17, 15) is 0 Å². The van der Waals surface area contributed by atoms with E-state index < -0.39 is 0 Å². The van der Waals surface area contributed by atoms with Gasteiger partial charge in [-0.15, -0.1) is 0 Å². The van der Waals surface area contributed by atoms with Crippen molar-refractivity contribution in [3.05, 3.63) is 48.0 Å². The highest BCUT2D eigenvalue weighted by atomic mass is 32.2. The van der Waals surface area contributed by atoms with Crippen molar-refractivity contribution in [2.24, 2.45) is 0 Å². The molecule has 0 saturated heterocycles. The third kappa shape index (κ3) is 2.76. The van der Waals surface area contributed by atoms with Gasteiger partial charge >= 0.3 is 0 Å². The third-order valence-corrected chi connectivity index (χ3v) is 3.49. The van der Waals surface area contributed by atoms with Gasteiger partial charge in [-0.2, -0.15) is 16.9 Å². The molecule has 1 aromatic carbocycles. The van der Waals surface area contributed by atoms with E-state index in [1.165, 1.54) is 0 Å². The molecular formula is C14H15N3OS. The van der Waals surface area contributed by atoms with Gasteiger partial charge in [-0.3, -0.25) is 5.10 Å². The van der Waals surface area contributed by atoms with Crippen LogP contribution in [0.25, 0.3) is 10.9 Å². The van der Waals surface area contributed by atoms with Gasteiger partial charge in [-0.1, -0.05) is 0 Å². The lowest BCUT2D eigenvalue weighted by Crippen LogP contribution is -1.97. The van der Waals surface area contributed by atoms with Gasteiger partial charge in [-0.25, -0.2) is 0 Å². The summed E-state index contributed by atoms with van der Waals surface area (Å²) in [5.74, 6) is 2.89. The van der Waals surface area contributed by atoms with Crippen molar-refractivity contribution < 1.29 is 4.42 Å². The second-order valence-electron chi connectivity index (χ2n) is 4.33. The molecule has 0 bridgehead atoms. The average Bonchev–Trinajstić information content (AvgIpc) is 3.04. The van der Waals surface area contributed by atoms with Crippen LogP contribution in [0.5, 0.6) is 0 Å². The molecule has 0 spiro atoms. The summed E-state index contributed by atoms with van der Waals surface area (Å²) in [6, 6.07) is 10.2. The number of furan rings is 1. The van der Waals surface area contributed by atoms with E-state index in [0.717, 1.165) is 33.9 Å². The molecule has 0 aliphatic heterocycles. The number of hydrogen-bond donors (Lipinski definition) is 2. The van der Waals surface area contributed by atoms with Gasteiger partial charge in [0.1, 0.15) is 11.5 Å². The highest BCUT2D eigenvalue weighted by molar-refractivity contribution is 7.97. The molecule has 0 radical (unpaired) electrons. The monoisotopic (exact) mass is 273 g/mol. The number of hydrogen-bond acceptors (Lipinski definition) is 4. The molecule has 98 valence electrons. The number of rotatable bonds is 5. The lowest BCUT2D eigenvalue weighted by molar-refractivity contribution is 0.487. The zero-order chi connectivity index (χ0) is 13.1. The third-order valence-electron chi connectivity index (χ3n) is 2.91. The molecule has 2 heterocycles. The van der Waals surface area contributed by atoms with Gasteiger partial charge in [0.15, 0.2) is 0 Å². The average molecular weight is 273 g/mol. The van der Waals surface area contributed by atoms with Crippen molar-refractivity contribution in [2.75, 3.05) is 11.6 Å². The first-order valence-corrected chi connectivity index (χ1v) is 7.48. The van der Waals surface area contributed by atoms with Crippen molar-refractivity contribution >= 4 is 28.4 Å². The second-order valence-corrected chi connectivity index (χ2v) is 5.19. The summed E-state index contributed by atoms with van der Waals surface area (Å²) in [7, 11) is 0. The first-order chi connectivity index (χ1) is 9.35. The molecule has 0 aliphatic rings. The fourth-order valence-corrected chi connectivity index (χ4v) is 2.41. The Labute approximate surface area is 115 Å². The predicted octanol–water partition coefficient (Wildman–Crippen LogP) is 3.63. The van der Waals surface area contributed by atoms with E-state index in [1.807, 2.05) is 36.5 Å². The lowest BCUT2D eigenvalue weighted by atomic mass is 10.2. The normalized spacial score (nSPS) is 11.0. The van der Waals surface area contributed by atoms with Gasteiger partial charge in [0.2, 0.25) is 0 Å². The van der Waals surface area contributed by atoms with Crippen LogP contribution in [0.2, 0.25) is 0 Å². The smallest absolute Gasteiger partial charge is 0.123 e. The molecular weight excluding hydrogens is 258 g/mol. The van der Waals surface area contributed by atoms with Crippen LogP contribution in [0.4, 0.5) is 5.69 Å². The SMILES string of the molecule is CSCc1ccc(CNc2ccc3cn[nH]c3c2)o1. The zero-order valence-electron chi connectivity index (χ0n) is 10.6. The Morgan fingerprint density at radius 2 is 2.16 bits per heavy atom. The summed E-state index contributed by atoms with van der Waals surface area (Å²) in [6.45, 7) is 0.689. The van der Waals surface area contributed by atoms with E-state index >= 15 is 0 Å². The highest BCUT2D eigenvalue weighted by Crippen LogP contribution is 2.18. The molecule has 0 fully saturated rings. The maximum absolute atomic E-state index is 5.71. The Hall–Kier alpha value is -1.88. The number of benzene rings is 1. The molecule has 4 nitrogen and oxygen atoms in total. The summed E-state index contributed by atoms with van der Waals surface area (Å²) >= 11 is 1.76. The maximum Gasteiger partial charge on any atom is 0.123 e. The van der Waals surface area contributed by atoms with Crippen molar-refractivity contribution in [2.45, 2.75) is 12.3 Å². The number of thioether (sulfide) groups is 1. The van der Waals surface area contributed by atoms with Crippen LogP contribution in [-0.2, 0) is 12.3 Å². The summed E-state index contributed by atoms with van der Waals surface area (Å²) in [5.41, 5.74) is 2.09. The Balaban J connectivity index is 1.67. The van der Waals surface area contributed by atoms with Crippen LogP contribution < -0.4 is 5.32 Å². The lowest BCUT2D eigenvalue weighted by Gasteiger charge is -2.04. The van der Waals surface area contributed by atoms with Gasteiger partial charge in [0, 0.05) is 11.1 Å². The van der Waals surface area contributed by atoms with Gasteiger partial charge in [-0.05, 0) is 36.6 Å². The van der Waals surface area contributed by atoms with Crippen molar-refractivity contribution in [3.8, 4) is 0 Å². The molecule has 2 N–H and O–H groups in total. The zero-order valence-corrected chi connectivity index (χ0v) is 11.5. The molecule has 0 atom stereocenters. The summed E-state index contributed by atoms with van der Waals surface area (Å²) in [6.07, 6.45) is 3.89. The highest BCUT2D eigenvalue weighted by Gasteiger charge is 2.02. The van der Waals surface area contributed by atoms with Gasteiger partial charge in [0.25, 0.3) is 0 Å². The topological polar surface area (TPSA) is 53.9 Å². The fraction of sp³-hybridized carbons (Fsp3) is 0.214. The Kier molecular flexibility index (Phi) is 3.46. The molecule has 19 heavy (non-hydrogen) atoms. The maximum atomic E-state index is 5.71. The number of nitrogens with zero attached hydrogens (tertiary/aromatic N) is 1. The van der Waals surface area contributed by atoms with Gasteiger partial charge in [0.05, 0.1) is 24.0 Å². The molecule has 0 amide bonds. The Morgan fingerprint density at radius 3 is 3.05 bits per heavy atom. The van der Waals surface area contributed by atoms with Crippen molar-refractivity contribution in [3.63, 3.8) is 0 Å². The minimum Gasteiger partial charge on any atom is -0.463 e. The van der Waals surface area contributed by atoms with E-state index in [1.54, 1.807) is 11.8 Å².